The van der Waals surface area contributed by atoms with E-state index in [1.165, 1.54) is 0 Å². The summed E-state index contributed by atoms with van der Waals surface area (Å²) in [6.07, 6.45) is 5.09. The molecule has 1 amide bonds. The van der Waals surface area contributed by atoms with E-state index in [0.29, 0.717) is 35.0 Å². The van der Waals surface area contributed by atoms with Gasteiger partial charge in [-0.2, -0.15) is 5.26 Å². The molecule has 1 saturated heterocycles. The highest BCUT2D eigenvalue weighted by atomic mass is 35.5. The van der Waals surface area contributed by atoms with Gasteiger partial charge in [-0.1, -0.05) is 38.8 Å². The molecule has 4 rings (SSSR count). The van der Waals surface area contributed by atoms with Crippen molar-refractivity contribution in [2.45, 2.75) is 103 Å². The van der Waals surface area contributed by atoms with Gasteiger partial charge in [0.1, 0.15) is 29.3 Å². The van der Waals surface area contributed by atoms with Crippen LogP contribution in [0.1, 0.15) is 84.9 Å². The lowest BCUT2D eigenvalue weighted by Gasteiger charge is -2.41. The van der Waals surface area contributed by atoms with E-state index in [1.54, 1.807) is 31.5 Å². The molecule has 0 spiro atoms. The van der Waals surface area contributed by atoms with Gasteiger partial charge in [0.15, 0.2) is 0 Å². The Balaban J connectivity index is 1.57. The maximum absolute atomic E-state index is 13.3. The molecule has 1 saturated carbocycles. The number of esters is 1. The summed E-state index contributed by atoms with van der Waals surface area (Å²) in [5.74, 6) is -0.372. The maximum atomic E-state index is 13.3. The van der Waals surface area contributed by atoms with Crippen LogP contribution < -0.4 is 10.6 Å². The van der Waals surface area contributed by atoms with E-state index in [1.807, 2.05) is 20.9 Å². The number of carbonyl (C=O) groups is 2. The molecule has 12 heteroatoms. The van der Waals surface area contributed by atoms with Crippen LogP contribution in [0.3, 0.4) is 0 Å². The number of piperidine rings is 1. The first-order chi connectivity index (χ1) is 19.3. The summed E-state index contributed by atoms with van der Waals surface area (Å²) in [5, 5.41) is 21.2. The fourth-order valence-electron chi connectivity index (χ4n) is 5.70. The van der Waals surface area contributed by atoms with Gasteiger partial charge in [0.05, 0.1) is 28.5 Å². The first-order valence-corrected chi connectivity index (χ1v) is 14.8. The second kappa shape index (κ2) is 12.0. The minimum atomic E-state index is -0.868. The molecule has 3 atom stereocenters. The SMILES string of the molecule is CCC1(c2c(C#N)c(Cl)c3cnc(N[C@@H]4CCN(C)C[C@@H]4OC(=O)[C@@H](NC(=O)OC(C)(C)C)C(C)C)nn23)CCC1. The third kappa shape index (κ3) is 6.54. The van der Waals surface area contributed by atoms with Gasteiger partial charge in [-0.15, -0.1) is 5.10 Å². The van der Waals surface area contributed by atoms with E-state index in [0.717, 1.165) is 37.9 Å². The fraction of sp³-hybridized carbons (Fsp3) is 0.690. The molecule has 224 valence electrons. The number of likely N-dealkylation sites (N-methyl/N-ethyl adjacent to an activating group) is 1. The van der Waals surface area contributed by atoms with Crippen molar-refractivity contribution in [2.75, 3.05) is 25.5 Å². The van der Waals surface area contributed by atoms with Crippen LogP contribution in [0.25, 0.3) is 5.52 Å². The number of nitriles is 1. The zero-order valence-corrected chi connectivity index (χ0v) is 25.8. The average molecular weight is 588 g/mol. The zero-order chi connectivity index (χ0) is 30.1. The molecule has 0 radical (unpaired) electrons. The molecule has 41 heavy (non-hydrogen) atoms. The van der Waals surface area contributed by atoms with Gasteiger partial charge >= 0.3 is 12.1 Å². The normalized spacial score (nSPS) is 21.6. The number of carbonyl (C=O) groups excluding carboxylic acids is 2. The molecule has 3 heterocycles. The number of amides is 1. The minimum absolute atomic E-state index is 0.134. The number of ether oxygens (including phenoxy) is 2. The number of anilines is 1. The van der Waals surface area contributed by atoms with Crippen LogP contribution in [-0.4, -0.2) is 75.5 Å². The Labute approximate surface area is 246 Å². The van der Waals surface area contributed by atoms with Gasteiger partial charge in [0.2, 0.25) is 5.95 Å². The number of fused-ring (bicyclic) bond motifs is 1. The number of rotatable bonds is 8. The number of hydrogen-bond donors (Lipinski definition) is 2. The number of halogens is 1. The number of hydrogen-bond acceptors (Lipinski definition) is 9. The summed E-state index contributed by atoms with van der Waals surface area (Å²) < 4.78 is 13.1. The van der Waals surface area contributed by atoms with E-state index < -0.39 is 29.8 Å². The summed E-state index contributed by atoms with van der Waals surface area (Å²) in [7, 11) is 1.97. The molecular weight excluding hydrogens is 546 g/mol. The van der Waals surface area contributed by atoms with Crippen LogP contribution in [0.15, 0.2) is 6.20 Å². The molecule has 2 aliphatic rings. The second-order valence-corrected chi connectivity index (χ2v) is 13.0. The Kier molecular flexibility index (Phi) is 9.04. The molecule has 0 bridgehead atoms. The zero-order valence-electron chi connectivity index (χ0n) is 25.1. The summed E-state index contributed by atoms with van der Waals surface area (Å²) in [5.41, 5.74) is 1.08. The highest BCUT2D eigenvalue weighted by Gasteiger charge is 2.43. The lowest BCUT2D eigenvalue weighted by atomic mass is 9.64. The highest BCUT2D eigenvalue weighted by molar-refractivity contribution is 6.35. The van der Waals surface area contributed by atoms with Crippen molar-refractivity contribution < 1.29 is 19.1 Å². The van der Waals surface area contributed by atoms with Crippen molar-refractivity contribution in [3.63, 3.8) is 0 Å². The molecule has 1 aliphatic carbocycles. The first-order valence-electron chi connectivity index (χ1n) is 14.4. The third-order valence-corrected chi connectivity index (χ3v) is 8.55. The largest absolute Gasteiger partial charge is 0.457 e. The van der Waals surface area contributed by atoms with Crippen LogP contribution in [0.2, 0.25) is 5.02 Å². The number of likely N-dealkylation sites (tertiary alicyclic amines) is 1. The number of nitrogens with one attached hydrogen (secondary N) is 2. The first kappa shape index (κ1) is 30.8. The van der Waals surface area contributed by atoms with Crippen molar-refractivity contribution in [1.82, 2.24) is 24.8 Å². The second-order valence-electron chi connectivity index (χ2n) is 12.7. The molecule has 1 aliphatic heterocycles. The van der Waals surface area contributed by atoms with Gasteiger partial charge in [-0.25, -0.2) is 19.1 Å². The van der Waals surface area contributed by atoms with Crippen molar-refractivity contribution >= 4 is 35.1 Å². The summed E-state index contributed by atoms with van der Waals surface area (Å²) in [6.45, 7) is 12.4. The van der Waals surface area contributed by atoms with Gasteiger partial charge in [0.25, 0.3) is 0 Å². The minimum Gasteiger partial charge on any atom is -0.457 e. The van der Waals surface area contributed by atoms with Crippen LogP contribution in [0.5, 0.6) is 0 Å². The fourth-order valence-corrected chi connectivity index (χ4v) is 5.97. The van der Waals surface area contributed by atoms with Gasteiger partial charge in [0, 0.05) is 18.5 Å². The van der Waals surface area contributed by atoms with E-state index in [4.69, 9.17) is 26.2 Å². The summed E-state index contributed by atoms with van der Waals surface area (Å²) >= 11 is 6.63. The van der Waals surface area contributed by atoms with Crippen LogP contribution >= 0.6 is 11.6 Å². The van der Waals surface area contributed by atoms with Crippen LogP contribution in [0.4, 0.5) is 10.7 Å². The predicted octanol–water partition coefficient (Wildman–Crippen LogP) is 4.66. The third-order valence-electron chi connectivity index (χ3n) is 8.16. The lowest BCUT2D eigenvalue weighted by Crippen LogP contribution is -2.54. The number of nitrogens with zero attached hydrogens (tertiary/aromatic N) is 5. The molecule has 0 aromatic carbocycles. The summed E-state index contributed by atoms with van der Waals surface area (Å²) in [4.78, 5) is 32.3. The van der Waals surface area contributed by atoms with E-state index in [2.05, 4.69) is 33.5 Å². The quantitative estimate of drug-likeness (QED) is 0.423. The monoisotopic (exact) mass is 587 g/mol. The Bertz CT molecular complexity index is 1320. The Morgan fingerprint density at radius 1 is 1.32 bits per heavy atom. The van der Waals surface area contributed by atoms with Crippen LogP contribution in [0, 0.1) is 17.2 Å². The van der Waals surface area contributed by atoms with Crippen molar-refractivity contribution in [3.8, 4) is 6.07 Å². The molecule has 11 nitrogen and oxygen atoms in total. The maximum Gasteiger partial charge on any atom is 0.408 e. The molecule has 0 unspecified atom stereocenters. The molecular formula is C29H42ClN7O4. The molecule has 2 fully saturated rings. The summed E-state index contributed by atoms with van der Waals surface area (Å²) in [6, 6.07) is 1.16. The van der Waals surface area contributed by atoms with E-state index in [9.17, 15) is 14.9 Å². The molecule has 2 N–H and O–H groups in total. The van der Waals surface area contributed by atoms with Gasteiger partial charge < -0.3 is 25.0 Å². The molecule has 2 aromatic rings. The van der Waals surface area contributed by atoms with E-state index >= 15 is 0 Å². The van der Waals surface area contributed by atoms with Crippen molar-refractivity contribution in [3.05, 3.63) is 22.5 Å². The Hall–Kier alpha value is -3.10. The standard InChI is InChI=1S/C29H42ClN7O4/c1-8-29(11-9-12-29)24-18(14-31)22(30)20-15-32-26(35-37(20)24)33-19-10-13-36(7)16-21(19)40-25(38)23(17(2)3)34-27(39)41-28(4,5)6/h15,17,19,21,23H,8-13,16H2,1-7H3,(H,33,35)(H,34,39)/t19-,21+,23+/m1/s1. The average Bonchev–Trinajstić information content (AvgIpc) is 3.14. The Morgan fingerprint density at radius 2 is 2.02 bits per heavy atom. The number of alkyl carbamates (subject to hydrolysis) is 1. The predicted molar refractivity (Wildman–Crippen MR) is 156 cm³/mol. The van der Waals surface area contributed by atoms with E-state index in [-0.39, 0.29) is 17.4 Å². The van der Waals surface area contributed by atoms with Gasteiger partial charge in [-0.05, 0) is 59.4 Å². The van der Waals surface area contributed by atoms with Crippen molar-refractivity contribution in [1.29, 1.82) is 5.26 Å². The highest BCUT2D eigenvalue weighted by Crippen LogP contribution is 2.49. The molecule has 2 aromatic heterocycles. The van der Waals surface area contributed by atoms with Crippen molar-refractivity contribution in [2.24, 2.45) is 5.92 Å². The number of aromatic nitrogens is 3. The Morgan fingerprint density at radius 3 is 2.59 bits per heavy atom. The van der Waals surface area contributed by atoms with Crippen LogP contribution in [-0.2, 0) is 19.7 Å². The smallest absolute Gasteiger partial charge is 0.408 e. The lowest BCUT2D eigenvalue weighted by molar-refractivity contribution is -0.155. The van der Waals surface area contributed by atoms with Gasteiger partial charge in [-0.3, -0.25) is 0 Å². The topological polar surface area (TPSA) is 134 Å².